The monoisotopic (exact) mass is 398 g/mol. The third kappa shape index (κ3) is 3.35. The Labute approximate surface area is 157 Å². The van der Waals surface area contributed by atoms with Crippen LogP contribution < -0.4 is 5.32 Å². The van der Waals surface area contributed by atoms with Crippen molar-refractivity contribution in [3.8, 4) is 11.5 Å². The highest BCUT2D eigenvalue weighted by molar-refractivity contribution is 6.38. The molecule has 0 aliphatic heterocycles. The van der Waals surface area contributed by atoms with Crippen molar-refractivity contribution >= 4 is 34.8 Å². The van der Waals surface area contributed by atoms with Crippen LogP contribution in [0.5, 0.6) is 0 Å². The number of nitrogens with one attached hydrogen (secondary N) is 1. The highest BCUT2D eigenvalue weighted by Gasteiger charge is 2.33. The first-order valence-electron chi connectivity index (χ1n) is 7.49. The number of carbonyl (C=O) groups excluding carboxylic acids is 2. The van der Waals surface area contributed by atoms with E-state index in [0.717, 1.165) is 12.3 Å². The van der Waals surface area contributed by atoms with Gasteiger partial charge in [0.1, 0.15) is 5.15 Å². The van der Waals surface area contributed by atoms with Crippen LogP contribution in [0.2, 0.25) is 10.2 Å². The molecule has 1 N–H and O–H groups in total. The largest absolute Gasteiger partial charge is 0.432 e. The minimum atomic E-state index is -0.830. The highest BCUT2D eigenvalue weighted by atomic mass is 35.5. The summed E-state index contributed by atoms with van der Waals surface area (Å²) in [5.41, 5.74) is -0.194. The fraction of sp³-hybridized carbons (Fsp3) is 0.250. The molecular weight excluding hydrogens is 386 g/mol. The summed E-state index contributed by atoms with van der Waals surface area (Å²) in [5.74, 6) is -2.38. The number of allylic oxidation sites excluding steroid dienone is 2. The molecule has 2 heterocycles. The molecule has 0 atom stereocenters. The Bertz CT molecular complexity index is 940. The van der Waals surface area contributed by atoms with Crippen molar-refractivity contribution in [3.63, 3.8) is 0 Å². The molecule has 0 radical (unpaired) electrons. The summed E-state index contributed by atoms with van der Waals surface area (Å²) < 4.78 is 19.0. The van der Waals surface area contributed by atoms with E-state index in [-0.39, 0.29) is 38.8 Å². The van der Waals surface area contributed by atoms with E-state index in [1.54, 1.807) is 0 Å². The number of hydrogen-bond donors (Lipinski definition) is 1. The summed E-state index contributed by atoms with van der Waals surface area (Å²) in [5, 5.41) is 2.38. The maximum atomic E-state index is 13.7. The standard InChI is InChI=1S/C16H13Cl2FN4O3/c1-23(2)4-3-20-8-5-9(24)14-12(13(8)25)22-16(26-14)10-11(17)7(19)6-21-15(10)18/h5-6,20H,3-4H2,1-2H3. The fourth-order valence-electron chi connectivity index (χ4n) is 2.31. The zero-order chi connectivity index (χ0) is 19.0. The molecule has 1 aliphatic rings. The third-order valence-corrected chi connectivity index (χ3v) is 4.26. The molecule has 0 saturated carbocycles. The van der Waals surface area contributed by atoms with E-state index >= 15 is 0 Å². The van der Waals surface area contributed by atoms with Crippen LogP contribution in [0.25, 0.3) is 11.5 Å². The molecule has 0 spiro atoms. The lowest BCUT2D eigenvalue weighted by atomic mass is 10.0. The van der Waals surface area contributed by atoms with Crippen LogP contribution in [0.4, 0.5) is 4.39 Å². The molecule has 26 heavy (non-hydrogen) atoms. The number of oxazole rings is 1. The van der Waals surface area contributed by atoms with Gasteiger partial charge in [0.05, 0.1) is 22.5 Å². The van der Waals surface area contributed by atoms with Crippen LogP contribution in [-0.2, 0) is 0 Å². The van der Waals surface area contributed by atoms with E-state index in [4.69, 9.17) is 27.6 Å². The van der Waals surface area contributed by atoms with Crippen molar-refractivity contribution in [3.05, 3.63) is 45.4 Å². The van der Waals surface area contributed by atoms with Crippen LogP contribution in [0.1, 0.15) is 21.0 Å². The van der Waals surface area contributed by atoms with E-state index < -0.39 is 17.4 Å². The van der Waals surface area contributed by atoms with Crippen molar-refractivity contribution in [1.29, 1.82) is 0 Å². The van der Waals surface area contributed by atoms with Crippen molar-refractivity contribution in [2.75, 3.05) is 27.2 Å². The second-order valence-corrected chi connectivity index (χ2v) is 6.50. The number of ketones is 2. The quantitative estimate of drug-likeness (QED) is 0.774. The predicted molar refractivity (Wildman–Crippen MR) is 93.0 cm³/mol. The summed E-state index contributed by atoms with van der Waals surface area (Å²) in [6.07, 6.45) is 1.99. The molecule has 2 aromatic heterocycles. The van der Waals surface area contributed by atoms with E-state index in [1.807, 2.05) is 19.0 Å². The molecule has 1 aliphatic carbocycles. The first kappa shape index (κ1) is 18.5. The predicted octanol–water partition coefficient (Wildman–Crippen LogP) is 2.60. The van der Waals surface area contributed by atoms with Crippen LogP contribution in [0.3, 0.4) is 0 Å². The highest BCUT2D eigenvalue weighted by Crippen LogP contribution is 2.36. The lowest BCUT2D eigenvalue weighted by Gasteiger charge is -2.14. The number of likely N-dealkylation sites (N-methyl/N-ethyl adjacent to an activating group) is 1. The Hall–Kier alpha value is -2.29. The Kier molecular flexibility index (Phi) is 5.08. The minimum Gasteiger partial charge on any atom is -0.432 e. The van der Waals surface area contributed by atoms with Gasteiger partial charge >= 0.3 is 0 Å². The number of aromatic nitrogens is 2. The smallest absolute Gasteiger partial charge is 0.232 e. The maximum absolute atomic E-state index is 13.7. The Morgan fingerprint density at radius 3 is 2.73 bits per heavy atom. The van der Waals surface area contributed by atoms with Crippen molar-refractivity contribution in [2.24, 2.45) is 0 Å². The number of carbonyl (C=O) groups is 2. The molecule has 0 aromatic carbocycles. The Morgan fingerprint density at radius 2 is 2.04 bits per heavy atom. The molecule has 2 aromatic rings. The van der Waals surface area contributed by atoms with E-state index in [9.17, 15) is 14.0 Å². The molecule has 0 saturated heterocycles. The van der Waals surface area contributed by atoms with Crippen molar-refractivity contribution < 1.29 is 18.4 Å². The maximum Gasteiger partial charge on any atom is 0.232 e. The number of nitrogens with zero attached hydrogens (tertiary/aromatic N) is 3. The molecule has 0 fully saturated rings. The number of halogens is 3. The van der Waals surface area contributed by atoms with Gasteiger partial charge in [0, 0.05) is 19.2 Å². The first-order chi connectivity index (χ1) is 12.3. The molecule has 0 unspecified atom stereocenters. The second-order valence-electron chi connectivity index (χ2n) is 5.76. The summed E-state index contributed by atoms with van der Waals surface area (Å²) in [6.45, 7) is 1.12. The van der Waals surface area contributed by atoms with Crippen LogP contribution in [0, 0.1) is 5.82 Å². The van der Waals surface area contributed by atoms with Crippen LogP contribution >= 0.6 is 23.2 Å². The van der Waals surface area contributed by atoms with Gasteiger partial charge in [0.2, 0.25) is 23.2 Å². The summed E-state index contributed by atoms with van der Waals surface area (Å²) in [4.78, 5) is 34.4. The Balaban J connectivity index is 1.95. The summed E-state index contributed by atoms with van der Waals surface area (Å²) in [7, 11) is 3.76. The van der Waals surface area contributed by atoms with Crippen LogP contribution in [0.15, 0.2) is 22.4 Å². The van der Waals surface area contributed by atoms with Gasteiger partial charge in [-0.05, 0) is 14.1 Å². The molecular formula is C16H13Cl2FN4O3. The van der Waals surface area contributed by atoms with Gasteiger partial charge in [-0.15, -0.1) is 0 Å². The normalized spacial score (nSPS) is 13.8. The van der Waals surface area contributed by atoms with E-state index in [1.165, 1.54) is 0 Å². The van der Waals surface area contributed by atoms with Gasteiger partial charge in [0.25, 0.3) is 0 Å². The molecule has 0 amide bonds. The van der Waals surface area contributed by atoms with Crippen LogP contribution in [-0.4, -0.2) is 53.6 Å². The molecule has 0 bridgehead atoms. The number of hydrogen-bond acceptors (Lipinski definition) is 7. The number of Topliss-reactive ketones (excluding diaryl/α,β-unsaturated/α-hetero) is 1. The first-order valence-corrected chi connectivity index (χ1v) is 8.25. The van der Waals surface area contributed by atoms with Gasteiger partial charge < -0.3 is 14.6 Å². The minimum absolute atomic E-state index is 0.110. The molecule has 136 valence electrons. The average Bonchev–Trinajstić information content (AvgIpc) is 3.01. The van der Waals surface area contributed by atoms with Gasteiger partial charge in [-0.2, -0.15) is 0 Å². The third-order valence-electron chi connectivity index (χ3n) is 3.60. The van der Waals surface area contributed by atoms with Gasteiger partial charge in [-0.1, -0.05) is 23.2 Å². The lowest BCUT2D eigenvalue weighted by molar-refractivity contribution is 0.0960. The number of rotatable bonds is 5. The van der Waals surface area contributed by atoms with Crippen molar-refractivity contribution in [1.82, 2.24) is 20.2 Å². The molecule has 7 nitrogen and oxygen atoms in total. The number of fused-ring (bicyclic) bond motifs is 1. The second kappa shape index (κ2) is 7.14. The lowest BCUT2D eigenvalue weighted by Crippen LogP contribution is -2.31. The number of pyridine rings is 1. The fourth-order valence-corrected chi connectivity index (χ4v) is 2.80. The zero-order valence-corrected chi connectivity index (χ0v) is 15.3. The summed E-state index contributed by atoms with van der Waals surface area (Å²) >= 11 is 11.8. The van der Waals surface area contributed by atoms with Gasteiger partial charge in [-0.25, -0.2) is 14.4 Å². The van der Waals surface area contributed by atoms with E-state index in [2.05, 4.69) is 15.3 Å². The zero-order valence-electron chi connectivity index (χ0n) is 13.8. The Morgan fingerprint density at radius 1 is 1.31 bits per heavy atom. The topological polar surface area (TPSA) is 88.3 Å². The van der Waals surface area contributed by atoms with Gasteiger partial charge in [-0.3, -0.25) is 9.59 Å². The van der Waals surface area contributed by atoms with Gasteiger partial charge in [0.15, 0.2) is 11.5 Å². The SMILES string of the molecule is CN(C)CCNC1=CC(=O)c2oc(-c3c(Cl)ncc(F)c3Cl)nc2C1=O. The molecule has 3 rings (SSSR count). The van der Waals surface area contributed by atoms with Crippen molar-refractivity contribution in [2.45, 2.75) is 0 Å². The summed E-state index contributed by atoms with van der Waals surface area (Å²) in [6, 6.07) is 0. The van der Waals surface area contributed by atoms with E-state index in [0.29, 0.717) is 13.1 Å². The average molecular weight is 399 g/mol. The molecule has 10 heteroatoms.